The highest BCUT2D eigenvalue weighted by Crippen LogP contribution is 2.26. The molecule has 0 aliphatic rings. The molecule has 0 aliphatic heterocycles. The molecule has 7 nitrogen and oxygen atoms in total. The van der Waals surface area contributed by atoms with Crippen LogP contribution in [-0.2, 0) is 21.4 Å². The Morgan fingerprint density at radius 2 is 1.96 bits per heavy atom. The quantitative estimate of drug-likeness (QED) is 0.555. The van der Waals surface area contributed by atoms with Gasteiger partial charge in [0, 0.05) is 50.3 Å². The molecule has 134 valence electrons. The van der Waals surface area contributed by atoms with E-state index in [2.05, 4.69) is 15.6 Å². The predicted molar refractivity (Wildman–Crippen MR) is 96.5 cm³/mol. The van der Waals surface area contributed by atoms with E-state index < -0.39 is 11.8 Å². The number of anilines is 1. The Morgan fingerprint density at radius 3 is 2.60 bits per heavy atom. The van der Waals surface area contributed by atoms with Gasteiger partial charge < -0.3 is 19.9 Å². The molecule has 2 aromatic rings. The average molecular weight is 362 g/mol. The van der Waals surface area contributed by atoms with Gasteiger partial charge in [0.15, 0.2) is 5.16 Å². The number of hydrogen-bond acceptors (Lipinski definition) is 5. The highest BCUT2D eigenvalue weighted by molar-refractivity contribution is 7.99. The number of unbranched alkanes of at least 4 members (excludes halogenated alkanes) is 1. The summed E-state index contributed by atoms with van der Waals surface area (Å²) in [7, 11) is 3.56. The summed E-state index contributed by atoms with van der Waals surface area (Å²) in [5.74, 6) is -1.31. The fourth-order valence-electron chi connectivity index (χ4n) is 2.00. The van der Waals surface area contributed by atoms with Crippen molar-refractivity contribution >= 4 is 29.3 Å². The molecule has 0 saturated heterocycles. The average Bonchev–Trinajstić information content (AvgIpc) is 3.01. The summed E-state index contributed by atoms with van der Waals surface area (Å²) in [5.41, 5.74) is 0.573. The molecule has 0 bridgehead atoms. The van der Waals surface area contributed by atoms with Crippen molar-refractivity contribution in [1.82, 2.24) is 14.9 Å². The summed E-state index contributed by atoms with van der Waals surface area (Å²) in [5, 5.41) is 6.05. The number of imidazole rings is 1. The topological polar surface area (TPSA) is 85.2 Å². The molecule has 0 saturated carbocycles. The van der Waals surface area contributed by atoms with E-state index in [1.807, 2.05) is 29.9 Å². The van der Waals surface area contributed by atoms with Crippen LogP contribution in [0.25, 0.3) is 0 Å². The number of benzene rings is 1. The van der Waals surface area contributed by atoms with Gasteiger partial charge in [0.2, 0.25) is 0 Å². The van der Waals surface area contributed by atoms with E-state index in [-0.39, 0.29) is 0 Å². The summed E-state index contributed by atoms with van der Waals surface area (Å²) in [6.07, 6.45) is 5.23. The number of carbonyl (C=O) groups excluding carboxylic acids is 2. The summed E-state index contributed by atoms with van der Waals surface area (Å²) in [6.45, 7) is 1.10. The number of aryl methyl sites for hydroxylation is 1. The molecule has 0 spiro atoms. The second kappa shape index (κ2) is 9.85. The maximum Gasteiger partial charge on any atom is 0.313 e. The van der Waals surface area contributed by atoms with E-state index in [1.165, 1.54) is 11.8 Å². The van der Waals surface area contributed by atoms with Crippen molar-refractivity contribution in [2.45, 2.75) is 22.9 Å². The Bertz CT molecular complexity index is 700. The minimum absolute atomic E-state index is 0.453. The Balaban J connectivity index is 1.79. The zero-order valence-electron chi connectivity index (χ0n) is 14.3. The van der Waals surface area contributed by atoms with Gasteiger partial charge in [-0.15, -0.1) is 0 Å². The zero-order valence-corrected chi connectivity index (χ0v) is 15.1. The second-order valence-electron chi connectivity index (χ2n) is 5.36. The molecular formula is C17H22N4O3S. The first kappa shape index (κ1) is 19.0. The van der Waals surface area contributed by atoms with Crippen molar-refractivity contribution < 1.29 is 14.3 Å². The maximum absolute atomic E-state index is 11.9. The van der Waals surface area contributed by atoms with Crippen molar-refractivity contribution in [3.05, 3.63) is 36.7 Å². The fraction of sp³-hybridized carbons (Fsp3) is 0.353. The third-order valence-electron chi connectivity index (χ3n) is 3.37. The molecule has 0 radical (unpaired) electrons. The Hall–Kier alpha value is -2.32. The molecule has 2 N–H and O–H groups in total. The minimum atomic E-state index is -0.670. The van der Waals surface area contributed by atoms with E-state index in [0.717, 1.165) is 22.9 Å². The minimum Gasteiger partial charge on any atom is -0.385 e. The summed E-state index contributed by atoms with van der Waals surface area (Å²) < 4.78 is 6.85. The number of amides is 2. The van der Waals surface area contributed by atoms with E-state index in [0.29, 0.717) is 18.8 Å². The van der Waals surface area contributed by atoms with Gasteiger partial charge in [0.05, 0.1) is 0 Å². The van der Waals surface area contributed by atoms with Crippen molar-refractivity contribution in [2.24, 2.45) is 7.05 Å². The smallest absolute Gasteiger partial charge is 0.313 e. The molecule has 1 aromatic carbocycles. The fourth-order valence-corrected chi connectivity index (χ4v) is 2.80. The Labute approximate surface area is 151 Å². The van der Waals surface area contributed by atoms with Crippen molar-refractivity contribution in [3.63, 3.8) is 0 Å². The third-order valence-corrected chi connectivity index (χ3v) is 4.45. The largest absolute Gasteiger partial charge is 0.385 e. The first-order valence-corrected chi connectivity index (χ1v) is 8.75. The maximum atomic E-state index is 11.9. The summed E-state index contributed by atoms with van der Waals surface area (Å²) >= 11 is 1.52. The zero-order chi connectivity index (χ0) is 18.1. The van der Waals surface area contributed by atoms with Gasteiger partial charge in [-0.2, -0.15) is 0 Å². The number of rotatable bonds is 8. The number of methoxy groups -OCH3 is 1. The molecule has 1 heterocycles. The summed E-state index contributed by atoms with van der Waals surface area (Å²) in [4.78, 5) is 28.8. The van der Waals surface area contributed by atoms with Gasteiger partial charge in [-0.1, -0.05) is 11.8 Å². The van der Waals surface area contributed by atoms with Crippen LogP contribution in [0.1, 0.15) is 12.8 Å². The Morgan fingerprint density at radius 1 is 1.20 bits per heavy atom. The lowest BCUT2D eigenvalue weighted by Crippen LogP contribution is -2.35. The molecule has 8 heteroatoms. The molecule has 0 unspecified atom stereocenters. The first-order chi connectivity index (χ1) is 12.1. The van der Waals surface area contributed by atoms with Crippen LogP contribution in [0.3, 0.4) is 0 Å². The Kier molecular flexibility index (Phi) is 7.49. The number of nitrogens with zero attached hydrogens (tertiary/aromatic N) is 2. The molecular weight excluding hydrogens is 340 g/mol. The van der Waals surface area contributed by atoms with E-state index >= 15 is 0 Å². The number of aromatic nitrogens is 2. The van der Waals surface area contributed by atoms with Crippen molar-refractivity contribution in [1.29, 1.82) is 0 Å². The van der Waals surface area contributed by atoms with Crippen LogP contribution in [0.4, 0.5) is 5.69 Å². The standard InChI is InChI=1S/C17H22N4O3S/c1-21-11-10-19-17(21)25-14-7-5-13(6-8-14)20-16(23)15(22)18-9-3-4-12-24-2/h5-8,10-11H,3-4,9,12H2,1-2H3,(H,18,22)(H,20,23). The van der Waals surface area contributed by atoms with E-state index in [4.69, 9.17) is 4.74 Å². The van der Waals surface area contributed by atoms with Gasteiger partial charge >= 0.3 is 11.8 Å². The molecule has 1 aromatic heterocycles. The van der Waals surface area contributed by atoms with Gasteiger partial charge in [0.25, 0.3) is 0 Å². The van der Waals surface area contributed by atoms with Gasteiger partial charge in [-0.25, -0.2) is 4.98 Å². The van der Waals surface area contributed by atoms with Gasteiger partial charge in [-0.3, -0.25) is 9.59 Å². The SMILES string of the molecule is COCCCCNC(=O)C(=O)Nc1ccc(Sc2nccn2C)cc1. The van der Waals surface area contributed by atoms with Crippen LogP contribution < -0.4 is 10.6 Å². The van der Waals surface area contributed by atoms with Crippen LogP contribution in [0, 0.1) is 0 Å². The van der Waals surface area contributed by atoms with Crippen LogP contribution in [0.5, 0.6) is 0 Å². The third kappa shape index (κ3) is 6.24. The lowest BCUT2D eigenvalue weighted by atomic mass is 10.3. The molecule has 0 aliphatic carbocycles. The second-order valence-corrected chi connectivity index (χ2v) is 6.40. The molecule has 2 amide bonds. The van der Waals surface area contributed by atoms with E-state index in [1.54, 1.807) is 25.4 Å². The number of nitrogens with one attached hydrogen (secondary N) is 2. The highest BCUT2D eigenvalue weighted by atomic mass is 32.2. The van der Waals surface area contributed by atoms with Crippen molar-refractivity contribution in [3.8, 4) is 0 Å². The van der Waals surface area contributed by atoms with Crippen LogP contribution in [-0.4, -0.2) is 41.6 Å². The monoisotopic (exact) mass is 362 g/mol. The number of hydrogen-bond donors (Lipinski definition) is 2. The number of ether oxygens (including phenoxy) is 1. The number of carbonyl (C=O) groups is 2. The summed E-state index contributed by atoms with van der Waals surface area (Å²) in [6, 6.07) is 7.26. The van der Waals surface area contributed by atoms with Crippen molar-refractivity contribution in [2.75, 3.05) is 25.6 Å². The lowest BCUT2D eigenvalue weighted by molar-refractivity contribution is -0.136. The highest BCUT2D eigenvalue weighted by Gasteiger charge is 2.13. The van der Waals surface area contributed by atoms with Gasteiger partial charge in [-0.05, 0) is 37.1 Å². The predicted octanol–water partition coefficient (Wildman–Crippen LogP) is 2.05. The van der Waals surface area contributed by atoms with Crippen LogP contribution in [0.15, 0.2) is 46.7 Å². The van der Waals surface area contributed by atoms with E-state index in [9.17, 15) is 9.59 Å². The molecule has 25 heavy (non-hydrogen) atoms. The van der Waals surface area contributed by atoms with Crippen LogP contribution >= 0.6 is 11.8 Å². The first-order valence-electron chi connectivity index (χ1n) is 7.93. The molecule has 0 fully saturated rings. The molecule has 0 atom stereocenters. The van der Waals surface area contributed by atoms with Crippen LogP contribution in [0.2, 0.25) is 0 Å². The lowest BCUT2D eigenvalue weighted by Gasteiger charge is -2.07. The van der Waals surface area contributed by atoms with Gasteiger partial charge in [0.1, 0.15) is 0 Å². The normalized spacial score (nSPS) is 10.5. The molecule has 2 rings (SSSR count).